The number of benzene rings is 1. The molecule has 1 atom stereocenters. The Bertz CT molecular complexity index is 852. The zero-order chi connectivity index (χ0) is 17.8. The fourth-order valence-electron chi connectivity index (χ4n) is 2.87. The molecule has 132 valence electrons. The molecular weight excluding hydrogens is 407 g/mol. The van der Waals surface area contributed by atoms with Gasteiger partial charge in [0.1, 0.15) is 24.8 Å². The van der Waals surface area contributed by atoms with Gasteiger partial charge in [-0.2, -0.15) is 13.2 Å². The van der Waals surface area contributed by atoms with E-state index in [4.69, 9.17) is 4.74 Å². The number of hydrogen-bond donors (Lipinski definition) is 0. The molecule has 0 spiro atoms. The highest BCUT2D eigenvalue weighted by Crippen LogP contribution is 2.38. The van der Waals surface area contributed by atoms with E-state index < -0.39 is 24.9 Å². The molecule has 10 heteroatoms. The molecule has 3 heterocycles. The highest BCUT2D eigenvalue weighted by molar-refractivity contribution is 9.10. The molecule has 0 N–H and O–H groups in total. The average Bonchev–Trinajstić information content (AvgIpc) is 3.07. The average molecular weight is 418 g/mol. The molecule has 1 saturated heterocycles. The maximum Gasteiger partial charge on any atom is 0.416 e. The van der Waals surface area contributed by atoms with Gasteiger partial charge in [0, 0.05) is 10.7 Å². The number of cyclic esters (lactones) is 1. The monoisotopic (exact) mass is 417 g/mol. The number of halogens is 4. The van der Waals surface area contributed by atoms with Crippen molar-refractivity contribution in [1.82, 2.24) is 9.55 Å². The molecule has 0 unspecified atom stereocenters. The van der Waals surface area contributed by atoms with E-state index in [2.05, 4.69) is 25.7 Å². The minimum absolute atomic E-state index is 0.0874. The summed E-state index contributed by atoms with van der Waals surface area (Å²) in [7, 11) is 0. The van der Waals surface area contributed by atoms with Gasteiger partial charge >= 0.3 is 12.3 Å². The number of aromatic nitrogens is 2. The standard InChI is InChI=1S/C15H11BrF3N3O3/c16-8-1-2-9-10(5-8)24-4-3-21-6-12(20-13(9)21)22-11(15(17,18)19)7-25-14(22)23/h1-2,5-6,11H,3-4,7H2/t11-/m0/s1. The predicted molar refractivity (Wildman–Crippen MR) is 84.5 cm³/mol. The zero-order valence-corrected chi connectivity index (χ0v) is 14.2. The third-order valence-electron chi connectivity index (χ3n) is 4.04. The Morgan fingerprint density at radius 1 is 1.28 bits per heavy atom. The molecule has 1 aromatic carbocycles. The first-order valence-electron chi connectivity index (χ1n) is 7.37. The number of carbonyl (C=O) groups is 1. The van der Waals surface area contributed by atoms with Crippen molar-refractivity contribution in [2.75, 3.05) is 18.1 Å². The van der Waals surface area contributed by atoms with E-state index in [9.17, 15) is 18.0 Å². The van der Waals surface area contributed by atoms with E-state index in [1.165, 1.54) is 6.20 Å². The van der Waals surface area contributed by atoms with Gasteiger partial charge in [-0.1, -0.05) is 15.9 Å². The van der Waals surface area contributed by atoms with E-state index in [0.717, 1.165) is 4.47 Å². The molecule has 4 rings (SSSR count). The SMILES string of the molecule is O=C1OC[C@@H](C(F)(F)F)N1c1cn2c(n1)-c1ccc(Br)cc1OCC2. The second-order valence-corrected chi connectivity index (χ2v) is 6.53. The van der Waals surface area contributed by atoms with Crippen LogP contribution in [0.2, 0.25) is 0 Å². The van der Waals surface area contributed by atoms with Crippen molar-refractivity contribution in [3.63, 3.8) is 0 Å². The first-order chi connectivity index (χ1) is 11.8. The summed E-state index contributed by atoms with van der Waals surface area (Å²) in [4.78, 5) is 16.7. The van der Waals surface area contributed by atoms with E-state index in [-0.39, 0.29) is 5.82 Å². The summed E-state index contributed by atoms with van der Waals surface area (Å²) < 4.78 is 52.2. The van der Waals surface area contributed by atoms with Crippen molar-refractivity contribution in [3.8, 4) is 17.1 Å². The summed E-state index contributed by atoms with van der Waals surface area (Å²) in [6.45, 7) is -0.00915. The van der Waals surface area contributed by atoms with Crippen LogP contribution in [-0.2, 0) is 11.3 Å². The number of carbonyl (C=O) groups excluding carboxylic acids is 1. The molecule has 0 radical (unpaired) electrons. The number of nitrogens with zero attached hydrogens (tertiary/aromatic N) is 3. The van der Waals surface area contributed by atoms with Crippen LogP contribution in [-0.4, -0.2) is 41.1 Å². The maximum atomic E-state index is 13.2. The summed E-state index contributed by atoms with van der Waals surface area (Å²) in [6, 6.07) is 3.27. The van der Waals surface area contributed by atoms with Crippen LogP contribution in [0.3, 0.4) is 0 Å². The van der Waals surface area contributed by atoms with Gasteiger partial charge < -0.3 is 14.0 Å². The highest BCUT2D eigenvalue weighted by Gasteiger charge is 2.52. The predicted octanol–water partition coefficient (Wildman–Crippen LogP) is 3.59. The first kappa shape index (κ1) is 16.2. The lowest BCUT2D eigenvalue weighted by Gasteiger charge is -2.21. The third-order valence-corrected chi connectivity index (χ3v) is 4.53. The smallest absolute Gasteiger partial charge is 0.416 e. The van der Waals surface area contributed by atoms with Crippen LogP contribution < -0.4 is 9.64 Å². The normalized spacial score (nSPS) is 19.8. The molecule has 25 heavy (non-hydrogen) atoms. The topological polar surface area (TPSA) is 56.6 Å². The van der Waals surface area contributed by atoms with Crippen molar-refractivity contribution in [2.45, 2.75) is 18.8 Å². The van der Waals surface area contributed by atoms with Crippen molar-refractivity contribution in [2.24, 2.45) is 0 Å². The molecule has 2 aliphatic rings. The summed E-state index contributed by atoms with van der Waals surface area (Å²) in [5.41, 5.74) is 0.642. The van der Waals surface area contributed by atoms with Crippen LogP contribution in [0.4, 0.5) is 23.8 Å². The highest BCUT2D eigenvalue weighted by atomic mass is 79.9. The number of alkyl halides is 3. The largest absolute Gasteiger partial charge is 0.491 e. The van der Waals surface area contributed by atoms with E-state index >= 15 is 0 Å². The molecule has 1 amide bonds. The van der Waals surface area contributed by atoms with Gasteiger partial charge in [0.15, 0.2) is 11.9 Å². The Balaban J connectivity index is 1.79. The van der Waals surface area contributed by atoms with Crippen molar-refractivity contribution in [3.05, 3.63) is 28.9 Å². The van der Waals surface area contributed by atoms with E-state index in [0.29, 0.717) is 35.2 Å². The van der Waals surface area contributed by atoms with Crippen LogP contribution in [0.25, 0.3) is 11.4 Å². The number of hydrogen-bond acceptors (Lipinski definition) is 4. The Morgan fingerprint density at radius 3 is 2.84 bits per heavy atom. The van der Waals surface area contributed by atoms with E-state index in [1.54, 1.807) is 22.8 Å². The Labute approximate surface area is 148 Å². The molecule has 1 fully saturated rings. The lowest BCUT2D eigenvalue weighted by atomic mass is 10.2. The zero-order valence-electron chi connectivity index (χ0n) is 12.6. The van der Waals surface area contributed by atoms with Crippen LogP contribution >= 0.6 is 15.9 Å². The van der Waals surface area contributed by atoms with Crippen LogP contribution in [0.15, 0.2) is 28.9 Å². The van der Waals surface area contributed by atoms with Gasteiger partial charge in [-0.3, -0.25) is 0 Å². The molecule has 0 aliphatic carbocycles. The molecular formula is C15H11BrF3N3O3. The van der Waals surface area contributed by atoms with E-state index in [1.807, 2.05) is 0 Å². The number of rotatable bonds is 1. The summed E-state index contributed by atoms with van der Waals surface area (Å²) >= 11 is 3.35. The Kier molecular flexibility index (Phi) is 3.67. The van der Waals surface area contributed by atoms with Crippen molar-refractivity contribution < 1.29 is 27.4 Å². The number of anilines is 1. The first-order valence-corrected chi connectivity index (χ1v) is 8.16. The lowest BCUT2D eigenvalue weighted by Crippen LogP contribution is -2.44. The summed E-state index contributed by atoms with van der Waals surface area (Å²) in [6.07, 6.45) is -4.23. The van der Waals surface area contributed by atoms with Gasteiger partial charge in [0.25, 0.3) is 0 Å². The van der Waals surface area contributed by atoms with Crippen molar-refractivity contribution in [1.29, 1.82) is 0 Å². The molecule has 0 bridgehead atoms. The fraction of sp³-hybridized carbons (Fsp3) is 0.333. The van der Waals surface area contributed by atoms with Crippen LogP contribution in [0, 0.1) is 0 Å². The fourth-order valence-corrected chi connectivity index (χ4v) is 3.21. The second kappa shape index (κ2) is 5.65. The molecule has 2 aliphatic heterocycles. The van der Waals surface area contributed by atoms with Gasteiger partial charge in [-0.25, -0.2) is 14.7 Å². The number of imidazole rings is 1. The maximum absolute atomic E-state index is 13.2. The van der Waals surface area contributed by atoms with Crippen LogP contribution in [0.5, 0.6) is 5.75 Å². The number of ether oxygens (including phenoxy) is 2. The van der Waals surface area contributed by atoms with Crippen molar-refractivity contribution >= 4 is 27.8 Å². The third kappa shape index (κ3) is 2.74. The Morgan fingerprint density at radius 2 is 2.08 bits per heavy atom. The van der Waals surface area contributed by atoms with Gasteiger partial charge in [0.2, 0.25) is 0 Å². The van der Waals surface area contributed by atoms with Gasteiger partial charge in [-0.15, -0.1) is 0 Å². The summed E-state index contributed by atoms with van der Waals surface area (Å²) in [5, 5.41) is 0. The quantitative estimate of drug-likeness (QED) is 0.711. The Hall–Kier alpha value is -2.23. The van der Waals surface area contributed by atoms with Gasteiger partial charge in [0.05, 0.1) is 12.1 Å². The summed E-state index contributed by atoms with van der Waals surface area (Å²) in [5.74, 6) is 0.924. The minimum atomic E-state index is -4.60. The second-order valence-electron chi connectivity index (χ2n) is 5.61. The molecule has 0 saturated carbocycles. The van der Waals surface area contributed by atoms with Crippen LogP contribution in [0.1, 0.15) is 0 Å². The molecule has 2 aromatic rings. The number of fused-ring (bicyclic) bond motifs is 3. The van der Waals surface area contributed by atoms with Gasteiger partial charge in [-0.05, 0) is 18.2 Å². The molecule has 1 aromatic heterocycles. The molecule has 6 nitrogen and oxygen atoms in total. The lowest BCUT2D eigenvalue weighted by molar-refractivity contribution is -0.147. The number of amides is 1. The minimum Gasteiger partial charge on any atom is -0.491 e.